The van der Waals surface area contributed by atoms with Crippen molar-refractivity contribution in [2.45, 2.75) is 13.5 Å². The first-order chi connectivity index (χ1) is 12.8. The number of nitrogens with zero attached hydrogens (tertiary/aromatic N) is 2. The van der Waals surface area contributed by atoms with Gasteiger partial charge in [0.25, 0.3) is 11.6 Å². The van der Waals surface area contributed by atoms with E-state index in [1.165, 1.54) is 23.1 Å². The second-order valence-corrected chi connectivity index (χ2v) is 5.96. The third-order valence-corrected chi connectivity index (χ3v) is 3.79. The monoisotopic (exact) mass is 371 g/mol. The van der Waals surface area contributed by atoms with Crippen molar-refractivity contribution >= 4 is 23.3 Å². The lowest BCUT2D eigenvalue weighted by Gasteiger charge is -2.11. The molecule has 0 aromatic heterocycles. The van der Waals surface area contributed by atoms with Crippen LogP contribution in [0.3, 0.4) is 0 Å². The molecule has 0 saturated heterocycles. The molecule has 0 atom stereocenters. The maximum absolute atomic E-state index is 12.0. The second kappa shape index (κ2) is 8.79. The largest absolute Gasteiger partial charge is 0.462 e. The molecule has 0 aliphatic carbocycles. The molecule has 1 amide bonds. The van der Waals surface area contributed by atoms with Gasteiger partial charge in [-0.15, -0.1) is 0 Å². The number of nitro groups is 1. The Bertz CT molecular complexity index is 847. The van der Waals surface area contributed by atoms with Crippen molar-refractivity contribution in [1.82, 2.24) is 4.90 Å². The van der Waals surface area contributed by atoms with Gasteiger partial charge in [-0.3, -0.25) is 14.9 Å². The van der Waals surface area contributed by atoms with Gasteiger partial charge < -0.3 is 15.0 Å². The molecule has 2 aromatic rings. The van der Waals surface area contributed by atoms with Crippen LogP contribution in [0.15, 0.2) is 42.5 Å². The van der Waals surface area contributed by atoms with E-state index in [1.54, 1.807) is 33.2 Å². The van der Waals surface area contributed by atoms with Gasteiger partial charge in [-0.2, -0.15) is 0 Å². The first kappa shape index (κ1) is 19.9. The molecule has 0 bridgehead atoms. The first-order valence-electron chi connectivity index (χ1n) is 8.33. The highest BCUT2D eigenvalue weighted by Crippen LogP contribution is 2.24. The molecule has 0 aliphatic heterocycles. The molecule has 0 radical (unpaired) electrons. The molecule has 0 heterocycles. The molecule has 8 nitrogen and oxygen atoms in total. The SMILES string of the molecule is CCOC(=O)c1cc(NCc2ccc(C(=O)N(C)C)cc2)ccc1[N+](=O)[O-]. The second-order valence-electron chi connectivity index (χ2n) is 5.96. The molecule has 0 aliphatic rings. The number of esters is 1. The standard InChI is InChI=1S/C19H21N3O5/c1-4-27-19(24)16-11-15(9-10-17(16)22(25)26)20-12-13-5-7-14(8-6-13)18(23)21(2)3/h5-11,20H,4,12H2,1-3H3. The number of carbonyl (C=O) groups excluding carboxylic acids is 2. The number of ether oxygens (including phenoxy) is 1. The minimum atomic E-state index is -0.737. The van der Waals surface area contributed by atoms with Gasteiger partial charge in [-0.25, -0.2) is 4.79 Å². The van der Waals surface area contributed by atoms with E-state index in [0.717, 1.165) is 5.56 Å². The molecule has 0 spiro atoms. The fourth-order valence-electron chi connectivity index (χ4n) is 2.41. The van der Waals surface area contributed by atoms with Crippen LogP contribution in [0.4, 0.5) is 11.4 Å². The number of carbonyl (C=O) groups is 2. The first-order valence-corrected chi connectivity index (χ1v) is 8.33. The Labute approximate surface area is 156 Å². The van der Waals surface area contributed by atoms with Crippen LogP contribution in [-0.2, 0) is 11.3 Å². The zero-order valence-corrected chi connectivity index (χ0v) is 15.4. The van der Waals surface area contributed by atoms with Gasteiger partial charge in [0.1, 0.15) is 5.56 Å². The summed E-state index contributed by atoms with van der Waals surface area (Å²) < 4.78 is 4.88. The predicted octanol–water partition coefficient (Wildman–Crippen LogP) is 3.09. The van der Waals surface area contributed by atoms with Crippen LogP contribution in [0, 0.1) is 10.1 Å². The summed E-state index contributed by atoms with van der Waals surface area (Å²) in [4.78, 5) is 35.8. The summed E-state index contributed by atoms with van der Waals surface area (Å²) in [5.74, 6) is -0.816. The fourth-order valence-corrected chi connectivity index (χ4v) is 2.41. The Morgan fingerprint density at radius 3 is 2.37 bits per heavy atom. The summed E-state index contributed by atoms with van der Waals surface area (Å²) in [6.45, 7) is 2.19. The number of benzene rings is 2. The number of rotatable bonds is 7. The molecule has 8 heteroatoms. The van der Waals surface area contributed by atoms with Crippen molar-refractivity contribution in [2.24, 2.45) is 0 Å². The smallest absolute Gasteiger partial charge is 0.345 e. The minimum absolute atomic E-state index is 0.0797. The molecule has 2 aromatic carbocycles. The van der Waals surface area contributed by atoms with E-state index in [-0.39, 0.29) is 23.8 Å². The van der Waals surface area contributed by atoms with Crippen LogP contribution >= 0.6 is 0 Å². The number of nitrogens with one attached hydrogen (secondary N) is 1. The van der Waals surface area contributed by atoms with Gasteiger partial charge in [-0.05, 0) is 36.8 Å². The van der Waals surface area contributed by atoms with Crippen LogP contribution in [0.1, 0.15) is 33.2 Å². The topological polar surface area (TPSA) is 102 Å². The van der Waals surface area contributed by atoms with Crippen molar-refractivity contribution in [2.75, 3.05) is 26.0 Å². The van der Waals surface area contributed by atoms with Gasteiger partial charge in [-0.1, -0.05) is 12.1 Å². The number of hydrogen-bond donors (Lipinski definition) is 1. The molecule has 1 N–H and O–H groups in total. The fraction of sp³-hybridized carbons (Fsp3) is 0.263. The number of hydrogen-bond acceptors (Lipinski definition) is 6. The molecule has 2 rings (SSSR count). The Hall–Kier alpha value is -3.42. The molecule has 0 fully saturated rings. The van der Waals surface area contributed by atoms with Crippen molar-refractivity contribution in [1.29, 1.82) is 0 Å². The van der Waals surface area contributed by atoms with E-state index < -0.39 is 10.9 Å². The van der Waals surface area contributed by atoms with E-state index in [1.807, 2.05) is 12.1 Å². The number of anilines is 1. The van der Waals surface area contributed by atoms with E-state index >= 15 is 0 Å². The summed E-state index contributed by atoms with van der Waals surface area (Å²) in [6.07, 6.45) is 0. The minimum Gasteiger partial charge on any atom is -0.462 e. The zero-order valence-electron chi connectivity index (χ0n) is 15.4. The third-order valence-electron chi connectivity index (χ3n) is 3.79. The Balaban J connectivity index is 2.13. The lowest BCUT2D eigenvalue weighted by Crippen LogP contribution is -2.21. The van der Waals surface area contributed by atoms with E-state index in [0.29, 0.717) is 17.8 Å². The highest BCUT2D eigenvalue weighted by atomic mass is 16.6. The Kier molecular flexibility index (Phi) is 6.48. The maximum atomic E-state index is 12.0. The van der Waals surface area contributed by atoms with Crippen LogP contribution in [-0.4, -0.2) is 42.4 Å². The van der Waals surface area contributed by atoms with Crippen molar-refractivity contribution in [3.8, 4) is 0 Å². The van der Waals surface area contributed by atoms with Gasteiger partial charge >= 0.3 is 5.97 Å². The number of amides is 1. The predicted molar refractivity (Wildman–Crippen MR) is 101 cm³/mol. The normalized spacial score (nSPS) is 10.2. The Morgan fingerprint density at radius 2 is 1.81 bits per heavy atom. The highest BCUT2D eigenvalue weighted by Gasteiger charge is 2.21. The van der Waals surface area contributed by atoms with E-state index in [2.05, 4.69) is 5.32 Å². The molecular weight excluding hydrogens is 350 g/mol. The van der Waals surface area contributed by atoms with Crippen LogP contribution in [0.2, 0.25) is 0 Å². The summed E-state index contributed by atoms with van der Waals surface area (Å²) in [5.41, 5.74) is 1.66. The van der Waals surface area contributed by atoms with Crippen LogP contribution < -0.4 is 5.32 Å². The van der Waals surface area contributed by atoms with Crippen LogP contribution in [0.5, 0.6) is 0 Å². The third kappa shape index (κ3) is 5.04. The zero-order chi connectivity index (χ0) is 20.0. The summed E-state index contributed by atoms with van der Waals surface area (Å²) >= 11 is 0. The molecule has 0 saturated carbocycles. The molecular formula is C19H21N3O5. The average Bonchev–Trinajstić information content (AvgIpc) is 2.66. The van der Waals surface area contributed by atoms with E-state index in [4.69, 9.17) is 4.74 Å². The average molecular weight is 371 g/mol. The quantitative estimate of drug-likeness (QED) is 0.456. The van der Waals surface area contributed by atoms with Crippen molar-refractivity contribution < 1.29 is 19.2 Å². The van der Waals surface area contributed by atoms with Gasteiger partial charge in [0.05, 0.1) is 11.5 Å². The van der Waals surface area contributed by atoms with Crippen LogP contribution in [0.25, 0.3) is 0 Å². The lowest BCUT2D eigenvalue weighted by molar-refractivity contribution is -0.385. The molecule has 27 heavy (non-hydrogen) atoms. The Morgan fingerprint density at radius 1 is 1.15 bits per heavy atom. The summed E-state index contributed by atoms with van der Waals surface area (Å²) in [7, 11) is 3.38. The maximum Gasteiger partial charge on any atom is 0.345 e. The lowest BCUT2D eigenvalue weighted by atomic mass is 10.1. The van der Waals surface area contributed by atoms with Crippen molar-refractivity contribution in [3.63, 3.8) is 0 Å². The summed E-state index contributed by atoms with van der Waals surface area (Å²) in [6, 6.07) is 11.3. The highest BCUT2D eigenvalue weighted by molar-refractivity contribution is 5.95. The van der Waals surface area contributed by atoms with Gasteiger partial charge in [0, 0.05) is 38.0 Å². The van der Waals surface area contributed by atoms with Gasteiger partial charge in [0.15, 0.2) is 0 Å². The molecule has 142 valence electrons. The summed E-state index contributed by atoms with van der Waals surface area (Å²) in [5, 5.41) is 14.2. The number of nitro benzene ring substituents is 1. The van der Waals surface area contributed by atoms with E-state index in [9.17, 15) is 19.7 Å². The van der Waals surface area contributed by atoms with Gasteiger partial charge in [0.2, 0.25) is 0 Å². The van der Waals surface area contributed by atoms with Crippen molar-refractivity contribution in [3.05, 3.63) is 69.3 Å². The molecule has 0 unspecified atom stereocenters.